The zero-order valence-corrected chi connectivity index (χ0v) is 36.7. The van der Waals surface area contributed by atoms with Gasteiger partial charge < -0.3 is 0 Å². The van der Waals surface area contributed by atoms with E-state index in [1.54, 1.807) is 0 Å². The van der Waals surface area contributed by atoms with E-state index >= 15 is 0 Å². The van der Waals surface area contributed by atoms with Gasteiger partial charge >= 0.3 is 0 Å². The Balaban J connectivity index is 1.50. The first-order chi connectivity index (χ1) is 27.0. The molecule has 0 saturated carbocycles. The number of aliphatic imine (C=N–C) groups is 2. The highest BCUT2D eigenvalue weighted by atomic mass is 14.8. The van der Waals surface area contributed by atoms with Crippen LogP contribution in [0.15, 0.2) is 107 Å². The fourth-order valence-electron chi connectivity index (χ4n) is 9.08. The van der Waals surface area contributed by atoms with Crippen molar-refractivity contribution in [2.24, 2.45) is 9.98 Å². The number of aryl methyl sites for hydroxylation is 10. The molecule has 0 aromatic heterocycles. The van der Waals surface area contributed by atoms with Crippen molar-refractivity contribution in [3.05, 3.63) is 197 Å². The molecule has 0 bridgehead atoms. The smallest absolute Gasteiger partial charge is 0.0706 e. The van der Waals surface area contributed by atoms with Crippen LogP contribution >= 0.6 is 0 Å². The van der Waals surface area contributed by atoms with Gasteiger partial charge in [-0.05, 0) is 120 Å². The minimum atomic E-state index is 0.157. The minimum Gasteiger partial charge on any atom is -0.255 e. The van der Waals surface area contributed by atoms with Crippen LogP contribution in [0.4, 0.5) is 11.4 Å². The van der Waals surface area contributed by atoms with E-state index in [0.29, 0.717) is 0 Å². The maximum Gasteiger partial charge on any atom is 0.0706 e. The van der Waals surface area contributed by atoms with Gasteiger partial charge in [0.1, 0.15) is 0 Å². The summed E-state index contributed by atoms with van der Waals surface area (Å²) in [6.07, 6.45) is 4.68. The molecular weight excluding hydrogens is 689 g/mol. The van der Waals surface area contributed by atoms with Crippen molar-refractivity contribution in [1.82, 2.24) is 0 Å². The highest BCUT2D eigenvalue weighted by Gasteiger charge is 2.22. The van der Waals surface area contributed by atoms with Gasteiger partial charge in [-0.25, -0.2) is 0 Å². The first-order valence-electron chi connectivity index (χ1n) is 20.7. The third-order valence-corrected chi connectivity index (χ3v) is 11.5. The summed E-state index contributed by atoms with van der Waals surface area (Å²) in [7, 11) is 0. The Morgan fingerprint density at radius 1 is 0.351 bits per heavy atom. The zero-order valence-electron chi connectivity index (χ0n) is 36.7. The monoisotopic (exact) mass is 750 g/mol. The second-order valence-corrected chi connectivity index (χ2v) is 17.3. The average Bonchev–Trinajstić information content (AvgIpc) is 3.11. The van der Waals surface area contributed by atoms with E-state index in [-0.39, 0.29) is 17.8 Å². The average molecular weight is 751 g/mol. The first-order valence-corrected chi connectivity index (χ1v) is 20.7. The standard InChI is InChI=1S/C55H62N2/c1-33-16-34(2)21-46(20-33)32-50-28-41(9)29-51(43(11)47-22-35(3)17-36(4)23-47)54(50)56-14-15-57-55-52(44(12)48-24-37(5)18-38(6)25-48)30-42(10)31-53(55)45(13)49-26-39(7)19-40(8)27-49/h14-31,43-45H,32H2,1-13H3/t43-,44-,45-/m1/s1. The molecule has 3 atom stereocenters. The van der Waals surface area contributed by atoms with Crippen molar-refractivity contribution in [2.75, 3.05) is 0 Å². The van der Waals surface area contributed by atoms with Gasteiger partial charge in [0.05, 0.1) is 11.4 Å². The lowest BCUT2D eigenvalue weighted by Crippen LogP contribution is -2.05. The van der Waals surface area contributed by atoms with Crippen LogP contribution in [0.3, 0.4) is 0 Å². The highest BCUT2D eigenvalue weighted by molar-refractivity contribution is 6.17. The molecule has 0 aliphatic carbocycles. The summed E-state index contributed by atoms with van der Waals surface area (Å²) in [5.74, 6) is 0.479. The van der Waals surface area contributed by atoms with Gasteiger partial charge in [-0.15, -0.1) is 0 Å². The lowest BCUT2D eigenvalue weighted by atomic mass is 9.83. The number of rotatable bonds is 11. The Morgan fingerprint density at radius 2 is 0.632 bits per heavy atom. The molecule has 292 valence electrons. The van der Waals surface area contributed by atoms with E-state index in [2.05, 4.69) is 187 Å². The maximum atomic E-state index is 5.38. The fraction of sp³-hybridized carbons (Fsp3) is 0.309. The van der Waals surface area contributed by atoms with Crippen LogP contribution in [0.25, 0.3) is 0 Å². The molecule has 0 aliphatic heterocycles. The van der Waals surface area contributed by atoms with E-state index < -0.39 is 0 Å². The molecule has 0 aliphatic rings. The maximum absolute atomic E-state index is 5.38. The molecule has 6 rings (SSSR count). The SMILES string of the molecule is Cc1cc(C)cc(Cc2cc(C)cc([C@H](C)c3cc(C)cc(C)c3)c2N=CC=Nc2c([C@H](C)c3cc(C)cc(C)c3)cc(C)cc2[C@H](C)c2cc(C)cc(C)c2)c1. The molecule has 0 radical (unpaired) electrons. The minimum absolute atomic E-state index is 0.157. The van der Waals surface area contributed by atoms with Crippen LogP contribution in [-0.2, 0) is 6.42 Å². The first kappa shape index (κ1) is 41.3. The van der Waals surface area contributed by atoms with Gasteiger partial charge in [0, 0.05) is 30.2 Å². The van der Waals surface area contributed by atoms with Crippen molar-refractivity contribution >= 4 is 23.8 Å². The predicted octanol–water partition coefficient (Wildman–Crippen LogP) is 14.9. The van der Waals surface area contributed by atoms with E-state index in [1.165, 1.54) is 100 Å². The van der Waals surface area contributed by atoms with E-state index in [9.17, 15) is 0 Å². The molecule has 0 spiro atoms. The summed E-state index contributed by atoms with van der Waals surface area (Å²) in [5.41, 5.74) is 25.1. The van der Waals surface area contributed by atoms with Crippen molar-refractivity contribution in [3.8, 4) is 0 Å². The second-order valence-electron chi connectivity index (χ2n) is 17.3. The van der Waals surface area contributed by atoms with Crippen molar-refractivity contribution in [3.63, 3.8) is 0 Å². The zero-order chi connectivity index (χ0) is 41.1. The summed E-state index contributed by atoms with van der Waals surface area (Å²) < 4.78 is 0. The van der Waals surface area contributed by atoms with Crippen LogP contribution in [0.2, 0.25) is 0 Å². The van der Waals surface area contributed by atoms with Crippen LogP contribution < -0.4 is 0 Å². The molecule has 6 aromatic rings. The summed E-state index contributed by atoms with van der Waals surface area (Å²) in [6, 6.07) is 36.9. The molecular formula is C55H62N2. The fourth-order valence-corrected chi connectivity index (χ4v) is 9.08. The number of benzene rings is 6. The van der Waals surface area contributed by atoms with E-state index in [0.717, 1.165) is 17.8 Å². The number of hydrogen-bond acceptors (Lipinski definition) is 2. The van der Waals surface area contributed by atoms with Gasteiger partial charge in [-0.3, -0.25) is 9.98 Å². The Hall–Kier alpha value is -5.34. The molecule has 0 N–H and O–H groups in total. The van der Waals surface area contributed by atoms with Crippen molar-refractivity contribution in [2.45, 2.75) is 114 Å². The van der Waals surface area contributed by atoms with Gasteiger partial charge in [0.2, 0.25) is 0 Å². The van der Waals surface area contributed by atoms with E-state index in [1.807, 2.05) is 12.4 Å². The third-order valence-electron chi connectivity index (χ3n) is 11.5. The van der Waals surface area contributed by atoms with Crippen LogP contribution in [-0.4, -0.2) is 12.4 Å². The molecule has 2 nitrogen and oxygen atoms in total. The normalized spacial score (nSPS) is 13.4. The Labute approximate surface area is 343 Å². The van der Waals surface area contributed by atoms with Crippen LogP contribution in [0, 0.1) is 69.2 Å². The molecule has 2 heteroatoms. The molecule has 6 aromatic carbocycles. The van der Waals surface area contributed by atoms with Crippen molar-refractivity contribution < 1.29 is 0 Å². The summed E-state index contributed by atoms with van der Waals surface area (Å²) in [4.78, 5) is 10.7. The molecule has 0 unspecified atom stereocenters. The second kappa shape index (κ2) is 17.4. The van der Waals surface area contributed by atoms with Gasteiger partial charge in [0.15, 0.2) is 0 Å². The van der Waals surface area contributed by atoms with E-state index in [4.69, 9.17) is 9.98 Å². The van der Waals surface area contributed by atoms with Crippen LogP contribution in [0.5, 0.6) is 0 Å². The van der Waals surface area contributed by atoms with Crippen molar-refractivity contribution in [1.29, 1.82) is 0 Å². The molecule has 57 heavy (non-hydrogen) atoms. The molecule has 0 saturated heterocycles. The summed E-state index contributed by atoms with van der Waals surface area (Å²) >= 11 is 0. The Morgan fingerprint density at radius 3 is 1.00 bits per heavy atom. The van der Waals surface area contributed by atoms with Gasteiger partial charge in [-0.1, -0.05) is 173 Å². The van der Waals surface area contributed by atoms with Gasteiger partial charge in [-0.2, -0.15) is 0 Å². The number of hydrogen-bond donors (Lipinski definition) is 0. The summed E-state index contributed by atoms with van der Waals surface area (Å²) in [5, 5.41) is 0. The highest BCUT2D eigenvalue weighted by Crippen LogP contribution is 2.42. The topological polar surface area (TPSA) is 24.7 Å². The lowest BCUT2D eigenvalue weighted by molar-refractivity contribution is 0.880. The largest absolute Gasteiger partial charge is 0.255 e. The Bertz CT molecular complexity index is 2330. The predicted molar refractivity (Wildman–Crippen MR) is 248 cm³/mol. The molecule has 0 amide bonds. The number of nitrogens with zero attached hydrogens (tertiary/aromatic N) is 2. The quantitative estimate of drug-likeness (QED) is 0.118. The molecule has 0 heterocycles. The molecule has 0 fully saturated rings. The summed E-state index contributed by atoms with van der Waals surface area (Å²) in [6.45, 7) is 28.9. The lowest BCUT2D eigenvalue weighted by Gasteiger charge is -2.23. The third kappa shape index (κ3) is 9.98. The van der Waals surface area contributed by atoms with Crippen LogP contribution in [0.1, 0.15) is 139 Å². The van der Waals surface area contributed by atoms with Gasteiger partial charge in [0.25, 0.3) is 0 Å². The Kier molecular flexibility index (Phi) is 12.6.